The number of pyridine rings is 1. The van der Waals surface area contributed by atoms with Gasteiger partial charge >= 0.3 is 12.7 Å². The van der Waals surface area contributed by atoms with E-state index in [2.05, 4.69) is 19.8 Å². The van der Waals surface area contributed by atoms with E-state index in [0.717, 1.165) is 18.2 Å². The fraction of sp³-hybridized carbons (Fsp3) is 0.143. The zero-order valence-electron chi connectivity index (χ0n) is 16.0. The molecule has 168 valence electrons. The van der Waals surface area contributed by atoms with E-state index in [-0.39, 0.29) is 23.4 Å². The maximum atomic E-state index is 12.5. The van der Waals surface area contributed by atoms with Crippen molar-refractivity contribution in [3.05, 3.63) is 78.0 Å². The van der Waals surface area contributed by atoms with E-state index in [1.807, 2.05) is 0 Å². The Hall–Kier alpha value is -3.76. The maximum Gasteiger partial charge on any atom is 0.573 e. The molecule has 1 heterocycles. The van der Waals surface area contributed by atoms with Crippen LogP contribution in [0.2, 0.25) is 0 Å². The molecule has 0 spiro atoms. The normalized spacial score (nSPS) is 11.7. The van der Waals surface area contributed by atoms with Crippen molar-refractivity contribution in [3.8, 4) is 22.8 Å². The van der Waals surface area contributed by atoms with Gasteiger partial charge < -0.3 is 14.8 Å². The van der Waals surface area contributed by atoms with Gasteiger partial charge in [-0.3, -0.25) is 9.78 Å². The lowest BCUT2D eigenvalue weighted by atomic mass is 10.1. The standard InChI is InChI=1S/C21H14F6N2O3/c22-20(23,24)31-16-6-3-5-13(10-16)17-9-8-15(12-28-17)19(30)29-11-14-4-1-2-7-18(14)32-21(25,26)27/h1-10,12H,11H2,(H,29,30). The lowest BCUT2D eigenvalue weighted by molar-refractivity contribution is -0.275. The lowest BCUT2D eigenvalue weighted by Crippen LogP contribution is -2.24. The number of ether oxygens (including phenoxy) is 2. The number of halogens is 6. The van der Waals surface area contributed by atoms with Gasteiger partial charge in [0.05, 0.1) is 11.3 Å². The summed E-state index contributed by atoms with van der Waals surface area (Å²) in [7, 11) is 0. The molecule has 0 bridgehead atoms. The smallest absolute Gasteiger partial charge is 0.406 e. The summed E-state index contributed by atoms with van der Waals surface area (Å²) >= 11 is 0. The molecule has 3 aromatic rings. The molecule has 0 aliphatic heterocycles. The van der Waals surface area contributed by atoms with Crippen molar-refractivity contribution in [2.45, 2.75) is 19.3 Å². The summed E-state index contributed by atoms with van der Waals surface area (Å²) in [6, 6.07) is 13.3. The first-order chi connectivity index (χ1) is 15.0. The van der Waals surface area contributed by atoms with Crippen molar-refractivity contribution in [2.24, 2.45) is 0 Å². The number of hydrogen-bond acceptors (Lipinski definition) is 4. The number of alkyl halides is 6. The molecule has 0 radical (unpaired) electrons. The van der Waals surface area contributed by atoms with Gasteiger partial charge in [0.25, 0.3) is 5.91 Å². The van der Waals surface area contributed by atoms with Crippen LogP contribution in [-0.4, -0.2) is 23.6 Å². The van der Waals surface area contributed by atoms with Gasteiger partial charge in [-0.05, 0) is 30.3 Å². The summed E-state index contributed by atoms with van der Waals surface area (Å²) in [6.07, 6.45) is -8.51. The molecule has 3 rings (SSSR count). The van der Waals surface area contributed by atoms with E-state index in [9.17, 15) is 31.1 Å². The van der Waals surface area contributed by atoms with Crippen LogP contribution in [0.1, 0.15) is 15.9 Å². The number of amides is 1. The van der Waals surface area contributed by atoms with E-state index in [1.54, 1.807) is 0 Å². The summed E-state index contributed by atoms with van der Waals surface area (Å²) in [5, 5.41) is 2.46. The van der Waals surface area contributed by atoms with Crippen molar-refractivity contribution in [2.75, 3.05) is 0 Å². The van der Waals surface area contributed by atoms with E-state index >= 15 is 0 Å². The second-order valence-corrected chi connectivity index (χ2v) is 6.35. The van der Waals surface area contributed by atoms with Crippen LogP contribution in [0.4, 0.5) is 26.3 Å². The first-order valence-corrected chi connectivity index (χ1v) is 8.94. The van der Waals surface area contributed by atoms with Gasteiger partial charge in [0.15, 0.2) is 0 Å². The largest absolute Gasteiger partial charge is 0.573 e. The number of aromatic nitrogens is 1. The fourth-order valence-electron chi connectivity index (χ4n) is 2.70. The zero-order chi connectivity index (χ0) is 23.4. The van der Waals surface area contributed by atoms with Gasteiger partial charge in [-0.15, -0.1) is 26.3 Å². The van der Waals surface area contributed by atoms with E-state index in [4.69, 9.17) is 0 Å². The molecule has 0 aliphatic rings. The molecule has 2 aromatic carbocycles. The van der Waals surface area contributed by atoms with Crippen molar-refractivity contribution in [1.29, 1.82) is 0 Å². The van der Waals surface area contributed by atoms with Gasteiger partial charge in [0.2, 0.25) is 0 Å². The number of nitrogens with zero attached hydrogens (tertiary/aromatic N) is 1. The Labute approximate surface area is 177 Å². The molecule has 1 N–H and O–H groups in total. The quantitative estimate of drug-likeness (QED) is 0.500. The Morgan fingerprint density at radius 2 is 1.59 bits per heavy atom. The van der Waals surface area contributed by atoms with Gasteiger partial charge in [-0.1, -0.05) is 30.3 Å². The SMILES string of the molecule is O=C(NCc1ccccc1OC(F)(F)F)c1ccc(-c2cccc(OC(F)(F)F)c2)nc1. The van der Waals surface area contributed by atoms with Crippen molar-refractivity contribution in [1.82, 2.24) is 10.3 Å². The van der Waals surface area contributed by atoms with Crippen molar-refractivity contribution < 1.29 is 40.6 Å². The summed E-state index contributed by atoms with van der Waals surface area (Å²) in [5.41, 5.74) is 0.838. The molecule has 5 nitrogen and oxygen atoms in total. The van der Waals surface area contributed by atoms with Gasteiger partial charge in [0, 0.05) is 23.9 Å². The van der Waals surface area contributed by atoms with Crippen LogP contribution < -0.4 is 14.8 Å². The second-order valence-electron chi connectivity index (χ2n) is 6.35. The minimum Gasteiger partial charge on any atom is -0.406 e. The Morgan fingerprint density at radius 1 is 0.875 bits per heavy atom. The Morgan fingerprint density at radius 3 is 2.25 bits per heavy atom. The average molecular weight is 456 g/mol. The number of carbonyl (C=O) groups excluding carboxylic acids is 1. The predicted octanol–water partition coefficient (Wildman–Crippen LogP) is 5.48. The zero-order valence-corrected chi connectivity index (χ0v) is 16.0. The summed E-state index contributed by atoms with van der Waals surface area (Å²) in [5.74, 6) is -1.46. The highest BCUT2D eigenvalue weighted by Gasteiger charge is 2.32. The average Bonchev–Trinajstić information content (AvgIpc) is 2.71. The summed E-state index contributed by atoms with van der Waals surface area (Å²) < 4.78 is 82.4. The minimum absolute atomic E-state index is 0.102. The molecule has 32 heavy (non-hydrogen) atoms. The van der Waals surface area contributed by atoms with Crippen LogP contribution in [-0.2, 0) is 6.54 Å². The maximum absolute atomic E-state index is 12.5. The third kappa shape index (κ3) is 6.62. The van der Waals surface area contributed by atoms with Crippen LogP contribution in [0.3, 0.4) is 0 Å². The number of benzene rings is 2. The summed E-state index contributed by atoms with van der Waals surface area (Å²) in [4.78, 5) is 16.4. The molecule has 0 aliphatic carbocycles. The number of para-hydroxylation sites is 1. The Balaban J connectivity index is 1.67. The molecule has 1 aromatic heterocycles. The third-order valence-corrected chi connectivity index (χ3v) is 4.03. The molecular formula is C21H14F6N2O3. The molecule has 0 fully saturated rings. The molecule has 0 unspecified atom stereocenters. The number of nitrogens with one attached hydrogen (secondary N) is 1. The van der Waals surface area contributed by atoms with Gasteiger partial charge in [-0.25, -0.2) is 0 Å². The highest BCUT2D eigenvalue weighted by molar-refractivity contribution is 5.94. The van der Waals surface area contributed by atoms with E-state index in [0.29, 0.717) is 5.56 Å². The van der Waals surface area contributed by atoms with Crippen LogP contribution in [0.25, 0.3) is 11.3 Å². The van der Waals surface area contributed by atoms with Crippen LogP contribution in [0.15, 0.2) is 66.9 Å². The van der Waals surface area contributed by atoms with Crippen LogP contribution >= 0.6 is 0 Å². The summed E-state index contributed by atoms with van der Waals surface area (Å²) in [6.45, 7) is -0.232. The minimum atomic E-state index is -4.87. The Bertz CT molecular complexity index is 1080. The fourth-order valence-corrected chi connectivity index (χ4v) is 2.70. The van der Waals surface area contributed by atoms with Crippen molar-refractivity contribution >= 4 is 5.91 Å². The monoisotopic (exact) mass is 456 g/mol. The first-order valence-electron chi connectivity index (χ1n) is 8.94. The molecule has 11 heteroatoms. The molecule has 0 atom stereocenters. The number of rotatable bonds is 6. The van der Waals surface area contributed by atoms with Gasteiger partial charge in [0.1, 0.15) is 11.5 Å². The van der Waals surface area contributed by atoms with Gasteiger partial charge in [-0.2, -0.15) is 0 Å². The topological polar surface area (TPSA) is 60.5 Å². The molecule has 0 saturated heterocycles. The predicted molar refractivity (Wildman–Crippen MR) is 101 cm³/mol. The van der Waals surface area contributed by atoms with E-state index < -0.39 is 30.1 Å². The third-order valence-electron chi connectivity index (χ3n) is 4.03. The highest BCUT2D eigenvalue weighted by atomic mass is 19.4. The van der Waals surface area contributed by atoms with Crippen LogP contribution in [0, 0.1) is 0 Å². The van der Waals surface area contributed by atoms with Crippen molar-refractivity contribution in [3.63, 3.8) is 0 Å². The number of carbonyl (C=O) groups is 1. The Kier molecular flexibility index (Phi) is 6.56. The highest BCUT2D eigenvalue weighted by Crippen LogP contribution is 2.28. The lowest BCUT2D eigenvalue weighted by Gasteiger charge is -2.13. The van der Waals surface area contributed by atoms with Crippen LogP contribution in [0.5, 0.6) is 11.5 Å². The first kappa shape index (κ1) is 22.9. The molecule has 0 saturated carbocycles. The number of hydrogen-bond donors (Lipinski definition) is 1. The second kappa shape index (κ2) is 9.16. The van der Waals surface area contributed by atoms with E-state index in [1.165, 1.54) is 48.7 Å². The molecule has 1 amide bonds. The molecular weight excluding hydrogens is 442 g/mol.